The molecule has 3 amide bonds. The molecule has 3 aromatic rings. The Morgan fingerprint density at radius 2 is 1.60 bits per heavy atom. The van der Waals surface area contributed by atoms with Crippen LogP contribution in [0.1, 0.15) is 69.2 Å². The minimum absolute atomic E-state index is 0.0627. The molecule has 0 atom stereocenters. The second kappa shape index (κ2) is 17.2. The molecule has 0 aromatic heterocycles. The number of carbonyl (C=O) groups is 2. The number of carbonyl (C=O) groups excluding carboxylic acids is 2. The zero-order valence-corrected chi connectivity index (χ0v) is 26.5. The summed E-state index contributed by atoms with van der Waals surface area (Å²) in [6.45, 7) is 8.02. The zero-order chi connectivity index (χ0) is 32.0. The average Bonchev–Trinajstić information content (AvgIpc) is 3.05. The largest absolute Gasteiger partial charge is 0.493 e. The molecule has 0 spiro atoms. The molecule has 1 aliphatic heterocycles. The second-order valence-electron chi connectivity index (χ2n) is 11.2. The normalized spacial score (nSPS) is 13.6. The first-order valence-corrected chi connectivity index (χ1v) is 15.9. The van der Waals surface area contributed by atoms with E-state index in [1.807, 2.05) is 0 Å². The summed E-state index contributed by atoms with van der Waals surface area (Å²) in [5.74, 6) is 0.974. The van der Waals surface area contributed by atoms with Gasteiger partial charge in [0, 0.05) is 37.0 Å². The molecular formula is C35H45FN4O5. The molecule has 10 heteroatoms. The number of nitrogens with zero attached hydrogens (tertiary/aromatic N) is 1. The van der Waals surface area contributed by atoms with E-state index in [-0.39, 0.29) is 23.4 Å². The van der Waals surface area contributed by atoms with Gasteiger partial charge in [-0.1, -0.05) is 33.1 Å². The molecule has 0 saturated carbocycles. The third-order valence-electron chi connectivity index (χ3n) is 7.68. The van der Waals surface area contributed by atoms with Crippen molar-refractivity contribution in [2.24, 2.45) is 0 Å². The number of halogens is 1. The Kier molecular flexibility index (Phi) is 12.9. The van der Waals surface area contributed by atoms with Crippen LogP contribution in [0.15, 0.2) is 60.7 Å². The maximum atomic E-state index is 14.6. The number of hydrogen-bond donors (Lipinski definition) is 3. The van der Waals surface area contributed by atoms with Crippen molar-refractivity contribution in [1.82, 2.24) is 10.2 Å². The molecule has 0 aliphatic carbocycles. The van der Waals surface area contributed by atoms with Gasteiger partial charge < -0.3 is 35.1 Å². The van der Waals surface area contributed by atoms with Crippen molar-refractivity contribution in [2.45, 2.75) is 64.9 Å². The minimum atomic E-state index is -0.611. The van der Waals surface area contributed by atoms with E-state index in [2.05, 4.69) is 34.7 Å². The molecule has 1 fully saturated rings. The number of amides is 3. The van der Waals surface area contributed by atoms with E-state index in [0.717, 1.165) is 51.7 Å². The number of hydrogen-bond acceptors (Lipinski definition) is 6. The van der Waals surface area contributed by atoms with Gasteiger partial charge in [-0.05, 0) is 86.8 Å². The third-order valence-corrected chi connectivity index (χ3v) is 7.68. The second-order valence-corrected chi connectivity index (χ2v) is 11.2. The van der Waals surface area contributed by atoms with Gasteiger partial charge >= 0.3 is 6.03 Å². The van der Waals surface area contributed by atoms with E-state index < -0.39 is 11.8 Å². The van der Waals surface area contributed by atoms with Crippen molar-refractivity contribution < 1.29 is 28.2 Å². The van der Waals surface area contributed by atoms with E-state index in [4.69, 9.17) is 14.2 Å². The van der Waals surface area contributed by atoms with Crippen molar-refractivity contribution in [2.75, 3.05) is 43.9 Å². The number of piperidine rings is 1. The van der Waals surface area contributed by atoms with Crippen molar-refractivity contribution in [1.29, 1.82) is 0 Å². The smallest absolute Gasteiger partial charge is 0.319 e. The maximum Gasteiger partial charge on any atom is 0.319 e. The standard InChI is InChI=1S/C35H45FN4O5/c1-4-6-8-19-37-35(42)39-31-15-14-29(24-30(31)36)44-27-12-10-26(11-13-27)38-34(41)25-9-16-32(33(23-25)43-3)45-28-17-21-40(22-18-28)20-7-5-2/h9-16,23-24,28H,4-8,17-22H2,1-3H3,(H,38,41)(H2,37,39,42). The number of ether oxygens (including phenoxy) is 3. The third kappa shape index (κ3) is 10.4. The highest BCUT2D eigenvalue weighted by Gasteiger charge is 2.22. The van der Waals surface area contributed by atoms with E-state index >= 15 is 0 Å². The predicted octanol–water partition coefficient (Wildman–Crippen LogP) is 7.83. The summed E-state index contributed by atoms with van der Waals surface area (Å²) in [6, 6.07) is 15.7. The molecule has 4 rings (SSSR count). The van der Waals surface area contributed by atoms with Crippen LogP contribution in [-0.4, -0.2) is 56.2 Å². The first-order valence-electron chi connectivity index (χ1n) is 15.9. The van der Waals surface area contributed by atoms with Gasteiger partial charge in [-0.3, -0.25) is 4.79 Å². The fraction of sp³-hybridized carbons (Fsp3) is 0.429. The fourth-order valence-corrected chi connectivity index (χ4v) is 5.07. The lowest BCUT2D eigenvalue weighted by atomic mass is 10.1. The lowest BCUT2D eigenvalue weighted by Crippen LogP contribution is -2.38. The summed E-state index contributed by atoms with van der Waals surface area (Å²) in [5, 5.41) is 8.11. The first kappa shape index (κ1) is 33.6. The lowest BCUT2D eigenvalue weighted by molar-refractivity contribution is 0.0971. The summed E-state index contributed by atoms with van der Waals surface area (Å²) < 4.78 is 32.2. The Balaban J connectivity index is 1.28. The van der Waals surface area contributed by atoms with Gasteiger partial charge in [0.15, 0.2) is 11.5 Å². The number of unbranched alkanes of at least 4 members (excludes halogenated alkanes) is 3. The van der Waals surface area contributed by atoms with Crippen LogP contribution in [0.3, 0.4) is 0 Å². The van der Waals surface area contributed by atoms with E-state index in [0.29, 0.717) is 35.0 Å². The summed E-state index contributed by atoms with van der Waals surface area (Å²) in [5.41, 5.74) is 1.07. The minimum Gasteiger partial charge on any atom is -0.493 e. The van der Waals surface area contributed by atoms with E-state index in [9.17, 15) is 14.0 Å². The molecule has 3 aromatic carbocycles. The van der Waals surface area contributed by atoms with E-state index in [1.54, 1.807) is 55.6 Å². The van der Waals surface area contributed by atoms with Crippen LogP contribution in [0.4, 0.5) is 20.6 Å². The van der Waals surface area contributed by atoms with Crippen LogP contribution in [0.5, 0.6) is 23.0 Å². The number of likely N-dealkylation sites (tertiary alicyclic amines) is 1. The quantitative estimate of drug-likeness (QED) is 0.150. The number of rotatable bonds is 15. The SMILES string of the molecule is CCCCCNC(=O)Nc1ccc(Oc2ccc(NC(=O)c3ccc(OC4CCN(CCCC)CC4)c(OC)c3)cc2)cc1F. The number of urea groups is 1. The Morgan fingerprint density at radius 1 is 0.867 bits per heavy atom. The van der Waals surface area contributed by atoms with Gasteiger partial charge in [0.25, 0.3) is 5.91 Å². The highest BCUT2D eigenvalue weighted by atomic mass is 19.1. The van der Waals surface area contributed by atoms with Crippen molar-refractivity contribution >= 4 is 23.3 Å². The van der Waals surface area contributed by atoms with Crippen LogP contribution >= 0.6 is 0 Å². The molecule has 45 heavy (non-hydrogen) atoms. The molecule has 0 unspecified atom stereocenters. The highest BCUT2D eigenvalue weighted by Crippen LogP contribution is 2.32. The van der Waals surface area contributed by atoms with Gasteiger partial charge in [0.2, 0.25) is 0 Å². The number of anilines is 2. The molecule has 1 heterocycles. The van der Waals surface area contributed by atoms with Gasteiger partial charge in [-0.2, -0.15) is 0 Å². The Labute approximate surface area is 265 Å². The Hall–Kier alpha value is -4.31. The van der Waals surface area contributed by atoms with Gasteiger partial charge in [0.1, 0.15) is 23.4 Å². The summed E-state index contributed by atoms with van der Waals surface area (Å²) in [7, 11) is 1.57. The maximum absolute atomic E-state index is 14.6. The Bertz CT molecular complexity index is 1390. The van der Waals surface area contributed by atoms with Crippen LogP contribution in [-0.2, 0) is 0 Å². The zero-order valence-electron chi connectivity index (χ0n) is 26.5. The number of benzene rings is 3. The van der Waals surface area contributed by atoms with Crippen molar-refractivity contribution in [3.8, 4) is 23.0 Å². The van der Waals surface area contributed by atoms with Crippen LogP contribution in [0.2, 0.25) is 0 Å². The Morgan fingerprint density at radius 3 is 2.29 bits per heavy atom. The topological polar surface area (TPSA) is 101 Å². The molecule has 3 N–H and O–H groups in total. The number of nitrogens with one attached hydrogen (secondary N) is 3. The molecule has 1 saturated heterocycles. The molecule has 1 aliphatic rings. The molecule has 9 nitrogen and oxygen atoms in total. The van der Waals surface area contributed by atoms with Gasteiger partial charge in [-0.15, -0.1) is 0 Å². The monoisotopic (exact) mass is 620 g/mol. The van der Waals surface area contributed by atoms with Gasteiger partial charge in [0.05, 0.1) is 12.8 Å². The van der Waals surface area contributed by atoms with Crippen LogP contribution < -0.4 is 30.2 Å². The average molecular weight is 621 g/mol. The molecule has 0 bridgehead atoms. The molecular weight excluding hydrogens is 575 g/mol. The lowest BCUT2D eigenvalue weighted by Gasteiger charge is -2.32. The first-order chi connectivity index (χ1) is 21.9. The predicted molar refractivity (Wildman–Crippen MR) is 175 cm³/mol. The van der Waals surface area contributed by atoms with Crippen LogP contribution in [0, 0.1) is 5.82 Å². The van der Waals surface area contributed by atoms with Gasteiger partial charge in [-0.25, -0.2) is 9.18 Å². The molecule has 242 valence electrons. The van der Waals surface area contributed by atoms with Crippen molar-refractivity contribution in [3.63, 3.8) is 0 Å². The highest BCUT2D eigenvalue weighted by molar-refractivity contribution is 6.04. The molecule has 0 radical (unpaired) electrons. The van der Waals surface area contributed by atoms with Crippen LogP contribution in [0.25, 0.3) is 0 Å². The van der Waals surface area contributed by atoms with Crippen molar-refractivity contribution in [3.05, 3.63) is 72.0 Å². The summed E-state index contributed by atoms with van der Waals surface area (Å²) >= 11 is 0. The summed E-state index contributed by atoms with van der Waals surface area (Å²) in [6.07, 6.45) is 7.41. The van der Waals surface area contributed by atoms with E-state index in [1.165, 1.54) is 25.0 Å². The fourth-order valence-electron chi connectivity index (χ4n) is 5.07. The summed E-state index contributed by atoms with van der Waals surface area (Å²) in [4.78, 5) is 27.5. The number of methoxy groups -OCH3 is 1.